The van der Waals surface area contributed by atoms with Crippen LogP contribution in [0.3, 0.4) is 0 Å². The van der Waals surface area contributed by atoms with E-state index in [2.05, 4.69) is 26.3 Å². The van der Waals surface area contributed by atoms with E-state index in [9.17, 15) is 0 Å². The lowest BCUT2D eigenvalue weighted by Gasteiger charge is -2.29. The van der Waals surface area contributed by atoms with E-state index in [1.807, 2.05) is 25.1 Å². The molecule has 1 aliphatic heterocycles. The summed E-state index contributed by atoms with van der Waals surface area (Å²) >= 11 is 0. The molecule has 0 aliphatic carbocycles. The maximum absolute atomic E-state index is 6.23. The SMILES string of the molecule is Cc1cccc(Nc2ncnc(N3CCOCC3)c2N)c1. The van der Waals surface area contributed by atoms with Gasteiger partial charge in [0.2, 0.25) is 0 Å². The monoisotopic (exact) mass is 285 g/mol. The summed E-state index contributed by atoms with van der Waals surface area (Å²) < 4.78 is 5.36. The van der Waals surface area contributed by atoms with Gasteiger partial charge in [0, 0.05) is 18.8 Å². The fourth-order valence-corrected chi connectivity index (χ4v) is 2.37. The first kappa shape index (κ1) is 13.6. The van der Waals surface area contributed by atoms with Crippen molar-refractivity contribution in [2.24, 2.45) is 0 Å². The average Bonchev–Trinajstić information content (AvgIpc) is 2.50. The molecule has 6 heteroatoms. The van der Waals surface area contributed by atoms with Gasteiger partial charge in [-0.25, -0.2) is 9.97 Å². The number of aryl methyl sites for hydroxylation is 1. The first-order valence-corrected chi connectivity index (χ1v) is 7.01. The number of anilines is 4. The van der Waals surface area contributed by atoms with Crippen LogP contribution in [0.15, 0.2) is 30.6 Å². The molecule has 1 saturated heterocycles. The lowest BCUT2D eigenvalue weighted by molar-refractivity contribution is 0.122. The Labute approximate surface area is 124 Å². The maximum Gasteiger partial charge on any atom is 0.159 e. The van der Waals surface area contributed by atoms with Gasteiger partial charge in [-0.05, 0) is 24.6 Å². The zero-order chi connectivity index (χ0) is 14.7. The Morgan fingerprint density at radius 3 is 2.81 bits per heavy atom. The lowest BCUT2D eigenvalue weighted by atomic mass is 10.2. The summed E-state index contributed by atoms with van der Waals surface area (Å²) in [6.07, 6.45) is 1.54. The van der Waals surface area contributed by atoms with Crippen molar-refractivity contribution in [3.63, 3.8) is 0 Å². The number of ether oxygens (including phenoxy) is 1. The standard InChI is InChI=1S/C15H19N5O/c1-11-3-2-4-12(9-11)19-14-13(16)15(18-10-17-14)20-5-7-21-8-6-20/h2-4,9-10H,5-8,16H2,1H3,(H,17,18,19). The van der Waals surface area contributed by atoms with Crippen LogP contribution in [-0.4, -0.2) is 36.3 Å². The van der Waals surface area contributed by atoms with Crippen LogP contribution in [0.25, 0.3) is 0 Å². The van der Waals surface area contributed by atoms with Crippen LogP contribution in [0, 0.1) is 6.92 Å². The van der Waals surface area contributed by atoms with Crippen molar-refractivity contribution in [2.75, 3.05) is 42.3 Å². The molecule has 6 nitrogen and oxygen atoms in total. The number of rotatable bonds is 3. The Morgan fingerprint density at radius 1 is 1.24 bits per heavy atom. The van der Waals surface area contributed by atoms with Gasteiger partial charge in [-0.1, -0.05) is 12.1 Å². The van der Waals surface area contributed by atoms with E-state index in [1.54, 1.807) is 6.33 Å². The van der Waals surface area contributed by atoms with Gasteiger partial charge in [-0.3, -0.25) is 0 Å². The number of nitrogen functional groups attached to an aromatic ring is 1. The minimum Gasteiger partial charge on any atom is -0.393 e. The van der Waals surface area contributed by atoms with Crippen LogP contribution >= 0.6 is 0 Å². The Morgan fingerprint density at radius 2 is 2.05 bits per heavy atom. The molecule has 21 heavy (non-hydrogen) atoms. The van der Waals surface area contributed by atoms with Crippen molar-refractivity contribution >= 4 is 23.0 Å². The van der Waals surface area contributed by atoms with Crippen LogP contribution in [0.4, 0.5) is 23.0 Å². The quantitative estimate of drug-likeness (QED) is 0.897. The molecule has 1 aromatic carbocycles. The summed E-state index contributed by atoms with van der Waals surface area (Å²) in [7, 11) is 0. The third kappa shape index (κ3) is 3.05. The summed E-state index contributed by atoms with van der Waals surface area (Å²) in [5, 5.41) is 3.26. The molecule has 3 rings (SSSR count). The molecule has 110 valence electrons. The van der Waals surface area contributed by atoms with E-state index in [0.717, 1.165) is 24.6 Å². The van der Waals surface area contributed by atoms with Crippen LogP contribution in [-0.2, 0) is 4.74 Å². The van der Waals surface area contributed by atoms with Crippen LogP contribution in [0.5, 0.6) is 0 Å². The van der Waals surface area contributed by atoms with Gasteiger partial charge in [0.15, 0.2) is 11.6 Å². The molecule has 1 aromatic heterocycles. The van der Waals surface area contributed by atoms with Gasteiger partial charge in [-0.15, -0.1) is 0 Å². The number of hydrogen-bond acceptors (Lipinski definition) is 6. The van der Waals surface area contributed by atoms with Crippen molar-refractivity contribution < 1.29 is 4.74 Å². The van der Waals surface area contributed by atoms with Gasteiger partial charge < -0.3 is 20.7 Å². The molecule has 0 bridgehead atoms. The second-order valence-electron chi connectivity index (χ2n) is 5.05. The molecule has 0 radical (unpaired) electrons. The number of nitrogens with two attached hydrogens (primary N) is 1. The predicted octanol–water partition coefficient (Wildman–Crippen LogP) is 1.95. The van der Waals surface area contributed by atoms with Crippen molar-refractivity contribution in [3.05, 3.63) is 36.2 Å². The van der Waals surface area contributed by atoms with Crippen LogP contribution in [0.1, 0.15) is 5.56 Å². The highest BCUT2D eigenvalue weighted by Gasteiger charge is 2.17. The lowest BCUT2D eigenvalue weighted by Crippen LogP contribution is -2.37. The summed E-state index contributed by atoms with van der Waals surface area (Å²) in [4.78, 5) is 10.7. The largest absolute Gasteiger partial charge is 0.393 e. The first-order chi connectivity index (χ1) is 10.2. The average molecular weight is 285 g/mol. The third-order valence-corrected chi connectivity index (χ3v) is 3.45. The highest BCUT2D eigenvalue weighted by Crippen LogP contribution is 2.28. The number of hydrogen-bond donors (Lipinski definition) is 2. The zero-order valence-corrected chi connectivity index (χ0v) is 12.0. The second-order valence-corrected chi connectivity index (χ2v) is 5.05. The summed E-state index contributed by atoms with van der Waals surface area (Å²) in [5.41, 5.74) is 8.95. The van der Waals surface area contributed by atoms with Crippen molar-refractivity contribution in [3.8, 4) is 0 Å². The minimum absolute atomic E-state index is 0.570. The molecule has 3 N–H and O–H groups in total. The smallest absolute Gasteiger partial charge is 0.159 e. The normalized spacial score (nSPS) is 15.0. The molecule has 2 heterocycles. The highest BCUT2D eigenvalue weighted by molar-refractivity contribution is 5.78. The number of nitrogens with zero attached hydrogens (tertiary/aromatic N) is 3. The van der Waals surface area contributed by atoms with Gasteiger partial charge in [0.25, 0.3) is 0 Å². The van der Waals surface area contributed by atoms with Gasteiger partial charge >= 0.3 is 0 Å². The van der Waals surface area contributed by atoms with Crippen LogP contribution < -0.4 is 16.0 Å². The van der Waals surface area contributed by atoms with E-state index in [0.29, 0.717) is 24.7 Å². The van der Waals surface area contributed by atoms with Gasteiger partial charge in [0.1, 0.15) is 12.0 Å². The van der Waals surface area contributed by atoms with Crippen LogP contribution in [0.2, 0.25) is 0 Å². The fourth-order valence-electron chi connectivity index (χ4n) is 2.37. The fraction of sp³-hybridized carbons (Fsp3) is 0.333. The van der Waals surface area contributed by atoms with E-state index in [1.165, 1.54) is 5.56 Å². The van der Waals surface area contributed by atoms with Gasteiger partial charge in [0.05, 0.1) is 13.2 Å². The van der Waals surface area contributed by atoms with Gasteiger partial charge in [-0.2, -0.15) is 0 Å². The summed E-state index contributed by atoms with van der Waals surface area (Å²) in [6.45, 7) is 5.04. The van der Waals surface area contributed by atoms with E-state index in [4.69, 9.17) is 10.5 Å². The van der Waals surface area contributed by atoms with E-state index < -0.39 is 0 Å². The maximum atomic E-state index is 6.23. The molecule has 2 aromatic rings. The van der Waals surface area contributed by atoms with E-state index in [-0.39, 0.29) is 0 Å². The number of nitrogens with one attached hydrogen (secondary N) is 1. The Balaban J connectivity index is 1.86. The molecule has 1 fully saturated rings. The Bertz CT molecular complexity index is 625. The summed E-state index contributed by atoms with van der Waals surface area (Å²) in [5.74, 6) is 1.40. The molecule has 0 saturated carbocycles. The zero-order valence-electron chi connectivity index (χ0n) is 12.0. The molecular weight excluding hydrogens is 266 g/mol. The highest BCUT2D eigenvalue weighted by atomic mass is 16.5. The Hall–Kier alpha value is -2.34. The number of aromatic nitrogens is 2. The Kier molecular flexibility index (Phi) is 3.87. The topological polar surface area (TPSA) is 76.3 Å². The molecule has 0 spiro atoms. The molecule has 0 amide bonds. The number of morpholine rings is 1. The molecule has 0 atom stereocenters. The molecule has 0 unspecified atom stereocenters. The van der Waals surface area contributed by atoms with E-state index >= 15 is 0 Å². The predicted molar refractivity (Wildman–Crippen MR) is 83.9 cm³/mol. The van der Waals surface area contributed by atoms with Crippen molar-refractivity contribution in [1.29, 1.82) is 0 Å². The first-order valence-electron chi connectivity index (χ1n) is 7.01. The van der Waals surface area contributed by atoms with Crippen molar-refractivity contribution in [2.45, 2.75) is 6.92 Å². The third-order valence-electron chi connectivity index (χ3n) is 3.45. The molecule has 1 aliphatic rings. The minimum atomic E-state index is 0.570. The second kappa shape index (κ2) is 5.97. The summed E-state index contributed by atoms with van der Waals surface area (Å²) in [6, 6.07) is 8.09. The number of benzene rings is 1. The van der Waals surface area contributed by atoms with Crippen molar-refractivity contribution in [1.82, 2.24) is 9.97 Å². The molecular formula is C15H19N5O.